The summed E-state index contributed by atoms with van der Waals surface area (Å²) >= 11 is 1.76. The molecule has 128 valence electrons. The molecule has 22 heavy (non-hydrogen) atoms. The topological polar surface area (TPSA) is 102 Å². The molecule has 0 radical (unpaired) electrons. The minimum atomic E-state index is -3.29. The lowest BCUT2D eigenvalue weighted by molar-refractivity contribution is -0.124. The summed E-state index contributed by atoms with van der Waals surface area (Å²) in [5.74, 6) is 1.45. The Morgan fingerprint density at radius 3 is 2.59 bits per heavy atom. The number of nitrogens with two attached hydrogens (primary N) is 1. The molecular formula is C13H25N3O4S2. The van der Waals surface area contributed by atoms with E-state index < -0.39 is 16.1 Å². The van der Waals surface area contributed by atoms with Crippen LogP contribution in [-0.2, 0) is 19.6 Å². The molecule has 1 amide bonds. The summed E-state index contributed by atoms with van der Waals surface area (Å²) in [5, 5.41) is 2.66. The highest BCUT2D eigenvalue weighted by atomic mass is 32.2. The summed E-state index contributed by atoms with van der Waals surface area (Å²) in [4.78, 5) is 12.0. The molecule has 1 atom stereocenters. The van der Waals surface area contributed by atoms with Gasteiger partial charge in [0.25, 0.3) is 0 Å². The minimum absolute atomic E-state index is 0.0656. The lowest BCUT2D eigenvalue weighted by Gasteiger charge is -2.27. The van der Waals surface area contributed by atoms with Gasteiger partial charge < -0.3 is 15.8 Å². The van der Waals surface area contributed by atoms with Gasteiger partial charge in [0.05, 0.1) is 11.8 Å². The van der Waals surface area contributed by atoms with Crippen LogP contribution in [0.3, 0.4) is 0 Å². The van der Waals surface area contributed by atoms with Gasteiger partial charge >= 0.3 is 0 Å². The van der Waals surface area contributed by atoms with Crippen LogP contribution < -0.4 is 11.1 Å². The Bertz CT molecular complexity index is 460. The van der Waals surface area contributed by atoms with E-state index >= 15 is 0 Å². The van der Waals surface area contributed by atoms with Crippen LogP contribution in [0, 0.1) is 5.92 Å². The van der Waals surface area contributed by atoms with Crippen LogP contribution in [0.1, 0.15) is 12.8 Å². The first kappa shape index (κ1) is 18.0. The first-order valence-corrected chi connectivity index (χ1v) is 10.4. The first-order chi connectivity index (χ1) is 10.5. The van der Waals surface area contributed by atoms with Crippen LogP contribution >= 0.6 is 11.8 Å². The SMILES string of the molecule is NC(C(=O)NCCS(=O)(=O)N1CCSCC1)C1CCOCC1. The number of hydrogen-bond acceptors (Lipinski definition) is 6. The predicted molar refractivity (Wildman–Crippen MR) is 87.2 cm³/mol. The highest BCUT2D eigenvalue weighted by Crippen LogP contribution is 2.17. The summed E-state index contributed by atoms with van der Waals surface area (Å²) in [5.41, 5.74) is 5.95. The second kappa shape index (κ2) is 8.49. The van der Waals surface area contributed by atoms with Crippen molar-refractivity contribution in [3.8, 4) is 0 Å². The van der Waals surface area contributed by atoms with Crippen LogP contribution in [0.5, 0.6) is 0 Å². The normalized spacial score (nSPS) is 23.1. The smallest absolute Gasteiger partial charge is 0.237 e. The van der Waals surface area contributed by atoms with Gasteiger partial charge in [-0.25, -0.2) is 12.7 Å². The summed E-state index contributed by atoms with van der Waals surface area (Å²) < 4.78 is 31.1. The van der Waals surface area contributed by atoms with E-state index in [1.807, 2.05) is 0 Å². The van der Waals surface area contributed by atoms with Crippen molar-refractivity contribution in [1.82, 2.24) is 9.62 Å². The Morgan fingerprint density at radius 2 is 1.95 bits per heavy atom. The van der Waals surface area contributed by atoms with Gasteiger partial charge in [0.15, 0.2) is 0 Å². The highest BCUT2D eigenvalue weighted by molar-refractivity contribution is 7.99. The quantitative estimate of drug-likeness (QED) is 0.652. The Morgan fingerprint density at radius 1 is 1.32 bits per heavy atom. The molecule has 0 aromatic rings. The fourth-order valence-electron chi connectivity index (χ4n) is 2.66. The Labute approximate surface area is 136 Å². The van der Waals surface area contributed by atoms with E-state index in [4.69, 9.17) is 10.5 Å². The van der Waals surface area contributed by atoms with E-state index in [0.29, 0.717) is 26.3 Å². The molecule has 0 aromatic heterocycles. The zero-order valence-corrected chi connectivity index (χ0v) is 14.3. The molecule has 3 N–H and O–H groups in total. The number of carbonyl (C=O) groups is 1. The van der Waals surface area contributed by atoms with Gasteiger partial charge in [0, 0.05) is 44.4 Å². The van der Waals surface area contributed by atoms with Crippen LogP contribution in [0.15, 0.2) is 0 Å². The zero-order chi connectivity index (χ0) is 16.0. The second-order valence-electron chi connectivity index (χ2n) is 5.59. The zero-order valence-electron chi connectivity index (χ0n) is 12.7. The third kappa shape index (κ3) is 5.09. The third-order valence-corrected chi connectivity index (χ3v) is 6.91. The molecule has 2 saturated heterocycles. The van der Waals surface area contributed by atoms with Gasteiger partial charge in [0.1, 0.15) is 0 Å². The molecule has 0 spiro atoms. The van der Waals surface area contributed by atoms with E-state index in [2.05, 4.69) is 5.32 Å². The maximum absolute atomic E-state index is 12.2. The standard InChI is InChI=1S/C13H25N3O4S2/c14-12(11-1-6-20-7-2-11)13(17)15-3-10-22(18,19)16-4-8-21-9-5-16/h11-12H,1-10,14H2,(H,15,17). The molecule has 7 nitrogen and oxygen atoms in total. The summed E-state index contributed by atoms with van der Waals surface area (Å²) in [6.45, 7) is 2.49. The van der Waals surface area contributed by atoms with Crippen LogP contribution in [-0.4, -0.2) is 74.8 Å². The van der Waals surface area contributed by atoms with Crippen LogP contribution in [0.2, 0.25) is 0 Å². The van der Waals surface area contributed by atoms with Gasteiger partial charge in [0.2, 0.25) is 15.9 Å². The molecular weight excluding hydrogens is 326 g/mol. The van der Waals surface area contributed by atoms with Gasteiger partial charge in [-0.2, -0.15) is 11.8 Å². The molecule has 0 saturated carbocycles. The lowest BCUT2D eigenvalue weighted by Crippen LogP contribution is -2.49. The number of nitrogens with zero attached hydrogens (tertiary/aromatic N) is 1. The Kier molecular flexibility index (Phi) is 6.94. The maximum atomic E-state index is 12.2. The van der Waals surface area contributed by atoms with Crippen molar-refractivity contribution in [2.45, 2.75) is 18.9 Å². The monoisotopic (exact) mass is 351 g/mol. The van der Waals surface area contributed by atoms with Gasteiger partial charge in [-0.1, -0.05) is 0 Å². The van der Waals surface area contributed by atoms with E-state index in [0.717, 1.165) is 24.3 Å². The van der Waals surface area contributed by atoms with Crippen molar-refractivity contribution in [2.24, 2.45) is 11.7 Å². The van der Waals surface area contributed by atoms with Crippen LogP contribution in [0.25, 0.3) is 0 Å². The summed E-state index contributed by atoms with van der Waals surface area (Å²) in [7, 11) is -3.29. The molecule has 2 aliphatic heterocycles. The fraction of sp³-hybridized carbons (Fsp3) is 0.923. The molecule has 2 heterocycles. The largest absolute Gasteiger partial charge is 0.381 e. The van der Waals surface area contributed by atoms with Crippen molar-refractivity contribution >= 4 is 27.7 Å². The number of amides is 1. The van der Waals surface area contributed by atoms with Crippen molar-refractivity contribution in [3.63, 3.8) is 0 Å². The minimum Gasteiger partial charge on any atom is -0.381 e. The molecule has 1 unspecified atom stereocenters. The maximum Gasteiger partial charge on any atom is 0.237 e. The van der Waals surface area contributed by atoms with Crippen molar-refractivity contribution in [3.05, 3.63) is 0 Å². The number of carbonyl (C=O) groups excluding carboxylic acids is 1. The van der Waals surface area contributed by atoms with E-state index in [1.54, 1.807) is 11.8 Å². The van der Waals surface area contributed by atoms with E-state index in [-0.39, 0.29) is 24.1 Å². The van der Waals surface area contributed by atoms with Crippen molar-refractivity contribution < 1.29 is 17.9 Å². The number of ether oxygens (including phenoxy) is 1. The van der Waals surface area contributed by atoms with Gasteiger partial charge in [-0.05, 0) is 18.8 Å². The fourth-order valence-corrected chi connectivity index (χ4v) is 5.16. The summed E-state index contributed by atoms with van der Waals surface area (Å²) in [6.07, 6.45) is 1.55. The first-order valence-electron chi connectivity index (χ1n) is 7.67. The lowest BCUT2D eigenvalue weighted by atomic mass is 9.92. The van der Waals surface area contributed by atoms with E-state index in [9.17, 15) is 13.2 Å². The van der Waals surface area contributed by atoms with Crippen LogP contribution in [0.4, 0.5) is 0 Å². The highest BCUT2D eigenvalue weighted by Gasteiger charge is 2.27. The molecule has 0 bridgehead atoms. The molecule has 0 aromatic carbocycles. The van der Waals surface area contributed by atoms with Crippen molar-refractivity contribution in [2.75, 3.05) is 50.1 Å². The Balaban J connectivity index is 1.73. The van der Waals surface area contributed by atoms with Gasteiger partial charge in [-0.3, -0.25) is 4.79 Å². The number of nitrogens with one attached hydrogen (secondary N) is 1. The average Bonchev–Trinajstić information content (AvgIpc) is 2.55. The second-order valence-corrected chi connectivity index (χ2v) is 8.91. The molecule has 2 rings (SSSR count). The molecule has 2 fully saturated rings. The summed E-state index contributed by atoms with van der Waals surface area (Å²) in [6, 6.07) is -0.585. The third-order valence-electron chi connectivity index (χ3n) is 4.10. The molecule has 9 heteroatoms. The Hall–Kier alpha value is -0.350. The number of hydrogen-bond donors (Lipinski definition) is 2. The number of thioether (sulfide) groups is 1. The number of sulfonamides is 1. The molecule has 0 aliphatic carbocycles. The average molecular weight is 351 g/mol. The molecule has 2 aliphatic rings. The van der Waals surface area contributed by atoms with Gasteiger partial charge in [-0.15, -0.1) is 0 Å². The van der Waals surface area contributed by atoms with E-state index in [1.165, 1.54) is 4.31 Å². The number of rotatable bonds is 6. The van der Waals surface area contributed by atoms with Crippen molar-refractivity contribution in [1.29, 1.82) is 0 Å². The predicted octanol–water partition coefficient (Wildman–Crippen LogP) is -0.765.